The lowest BCUT2D eigenvalue weighted by molar-refractivity contribution is -0.148. The topological polar surface area (TPSA) is 32.8 Å². The number of nitrogens with zero attached hydrogens (tertiary/aromatic N) is 2. The molecular formula is C14H26N2O2. The largest absolute Gasteiger partial charge is 0.466 e. The zero-order valence-corrected chi connectivity index (χ0v) is 11.7. The van der Waals surface area contributed by atoms with Gasteiger partial charge in [0, 0.05) is 19.1 Å². The SMILES string of the molecule is CCOC(=O)C(C)CN1CCCN2CCCC2C1. The van der Waals surface area contributed by atoms with Gasteiger partial charge >= 0.3 is 5.97 Å². The molecule has 0 N–H and O–H groups in total. The number of esters is 1. The Bertz CT molecular complexity index is 283. The van der Waals surface area contributed by atoms with Crippen molar-refractivity contribution in [2.45, 2.75) is 39.2 Å². The lowest BCUT2D eigenvalue weighted by Crippen LogP contribution is -2.39. The standard InChI is InChI=1S/C14H26N2O2/c1-3-18-14(17)12(2)10-15-7-5-9-16-8-4-6-13(16)11-15/h12-13H,3-11H2,1-2H3. The minimum Gasteiger partial charge on any atom is -0.466 e. The van der Waals surface area contributed by atoms with Crippen molar-refractivity contribution in [3.05, 3.63) is 0 Å². The summed E-state index contributed by atoms with van der Waals surface area (Å²) in [5, 5.41) is 0. The maximum absolute atomic E-state index is 11.7. The van der Waals surface area contributed by atoms with Gasteiger partial charge in [0.2, 0.25) is 0 Å². The second kappa shape index (κ2) is 6.53. The fourth-order valence-corrected chi connectivity index (χ4v) is 3.20. The molecule has 4 nitrogen and oxygen atoms in total. The molecule has 0 aliphatic carbocycles. The Labute approximate surface area is 110 Å². The van der Waals surface area contributed by atoms with Crippen LogP contribution in [-0.4, -0.2) is 61.1 Å². The van der Waals surface area contributed by atoms with Crippen LogP contribution in [0.25, 0.3) is 0 Å². The predicted octanol–water partition coefficient (Wildman–Crippen LogP) is 1.36. The van der Waals surface area contributed by atoms with E-state index in [9.17, 15) is 4.79 Å². The fourth-order valence-electron chi connectivity index (χ4n) is 3.20. The minimum absolute atomic E-state index is 0.00194. The molecule has 0 aromatic heterocycles. The summed E-state index contributed by atoms with van der Waals surface area (Å²) in [6.45, 7) is 9.94. The van der Waals surface area contributed by atoms with E-state index in [0.29, 0.717) is 6.61 Å². The van der Waals surface area contributed by atoms with Gasteiger partial charge in [-0.1, -0.05) is 6.92 Å². The summed E-state index contributed by atoms with van der Waals surface area (Å²) in [6.07, 6.45) is 3.89. The highest BCUT2D eigenvalue weighted by molar-refractivity contribution is 5.72. The van der Waals surface area contributed by atoms with Crippen LogP contribution in [-0.2, 0) is 9.53 Å². The van der Waals surface area contributed by atoms with Crippen LogP contribution in [0.4, 0.5) is 0 Å². The van der Waals surface area contributed by atoms with Crippen LogP contribution in [0.15, 0.2) is 0 Å². The maximum Gasteiger partial charge on any atom is 0.309 e. The molecule has 2 fully saturated rings. The molecule has 0 amide bonds. The number of carbonyl (C=O) groups is 1. The van der Waals surface area contributed by atoms with E-state index in [2.05, 4.69) is 9.80 Å². The second-order valence-corrected chi connectivity index (χ2v) is 5.60. The van der Waals surface area contributed by atoms with Crippen molar-refractivity contribution in [3.8, 4) is 0 Å². The van der Waals surface area contributed by atoms with E-state index < -0.39 is 0 Å². The quantitative estimate of drug-likeness (QED) is 0.709. The van der Waals surface area contributed by atoms with Gasteiger partial charge in [0.15, 0.2) is 0 Å². The number of fused-ring (bicyclic) bond motifs is 1. The average Bonchev–Trinajstić information content (AvgIpc) is 2.69. The third kappa shape index (κ3) is 3.45. The molecule has 0 bridgehead atoms. The molecule has 2 atom stereocenters. The number of hydrogen-bond acceptors (Lipinski definition) is 4. The zero-order valence-electron chi connectivity index (χ0n) is 11.7. The van der Waals surface area contributed by atoms with Gasteiger partial charge in [-0.25, -0.2) is 0 Å². The summed E-state index contributed by atoms with van der Waals surface area (Å²) in [7, 11) is 0. The fraction of sp³-hybridized carbons (Fsp3) is 0.929. The molecule has 2 aliphatic heterocycles. The Morgan fingerprint density at radius 1 is 1.33 bits per heavy atom. The molecular weight excluding hydrogens is 228 g/mol. The highest BCUT2D eigenvalue weighted by Crippen LogP contribution is 2.21. The van der Waals surface area contributed by atoms with Crippen molar-refractivity contribution in [2.24, 2.45) is 5.92 Å². The van der Waals surface area contributed by atoms with E-state index in [1.807, 2.05) is 13.8 Å². The first kappa shape index (κ1) is 13.8. The van der Waals surface area contributed by atoms with E-state index in [1.165, 1.54) is 32.4 Å². The van der Waals surface area contributed by atoms with Crippen molar-refractivity contribution in [1.82, 2.24) is 9.80 Å². The number of ether oxygens (including phenoxy) is 1. The Morgan fingerprint density at radius 2 is 2.11 bits per heavy atom. The summed E-state index contributed by atoms with van der Waals surface area (Å²) >= 11 is 0. The Kier molecular flexibility index (Phi) is 5.01. The third-order valence-electron chi connectivity index (χ3n) is 4.11. The Morgan fingerprint density at radius 3 is 2.89 bits per heavy atom. The van der Waals surface area contributed by atoms with E-state index in [0.717, 1.165) is 25.7 Å². The summed E-state index contributed by atoms with van der Waals surface area (Å²) in [6, 6.07) is 0.724. The summed E-state index contributed by atoms with van der Waals surface area (Å²) in [5.74, 6) is -0.0528. The predicted molar refractivity (Wildman–Crippen MR) is 71.4 cm³/mol. The molecule has 0 aromatic rings. The second-order valence-electron chi connectivity index (χ2n) is 5.60. The van der Waals surface area contributed by atoms with Gasteiger partial charge in [0.1, 0.15) is 0 Å². The molecule has 2 aliphatic rings. The molecule has 2 saturated heterocycles. The lowest BCUT2D eigenvalue weighted by Gasteiger charge is -2.27. The normalized spacial score (nSPS) is 27.6. The van der Waals surface area contributed by atoms with Crippen LogP contribution in [0.1, 0.15) is 33.1 Å². The molecule has 4 heteroatoms. The van der Waals surface area contributed by atoms with E-state index in [1.54, 1.807) is 0 Å². The highest BCUT2D eigenvalue weighted by atomic mass is 16.5. The number of hydrogen-bond donors (Lipinski definition) is 0. The molecule has 0 spiro atoms. The highest BCUT2D eigenvalue weighted by Gasteiger charge is 2.29. The van der Waals surface area contributed by atoms with Gasteiger partial charge in [-0.3, -0.25) is 9.69 Å². The molecule has 0 saturated carbocycles. The summed E-state index contributed by atoms with van der Waals surface area (Å²) < 4.78 is 5.09. The van der Waals surface area contributed by atoms with Crippen molar-refractivity contribution in [3.63, 3.8) is 0 Å². The van der Waals surface area contributed by atoms with Gasteiger partial charge in [-0.05, 0) is 45.8 Å². The van der Waals surface area contributed by atoms with Crippen LogP contribution < -0.4 is 0 Å². The first-order valence-corrected chi connectivity index (χ1v) is 7.33. The van der Waals surface area contributed by atoms with Gasteiger partial charge in [0.25, 0.3) is 0 Å². The van der Waals surface area contributed by atoms with Gasteiger partial charge < -0.3 is 9.64 Å². The summed E-state index contributed by atoms with van der Waals surface area (Å²) in [5.41, 5.74) is 0. The molecule has 0 aromatic carbocycles. The lowest BCUT2D eigenvalue weighted by atomic mass is 10.1. The van der Waals surface area contributed by atoms with Crippen molar-refractivity contribution >= 4 is 5.97 Å². The Balaban J connectivity index is 1.83. The van der Waals surface area contributed by atoms with E-state index in [-0.39, 0.29) is 11.9 Å². The van der Waals surface area contributed by atoms with Gasteiger partial charge in [-0.2, -0.15) is 0 Å². The van der Waals surface area contributed by atoms with Crippen molar-refractivity contribution in [1.29, 1.82) is 0 Å². The van der Waals surface area contributed by atoms with Crippen LogP contribution in [0, 0.1) is 5.92 Å². The van der Waals surface area contributed by atoms with Crippen LogP contribution in [0.2, 0.25) is 0 Å². The minimum atomic E-state index is -0.0509. The van der Waals surface area contributed by atoms with E-state index >= 15 is 0 Å². The number of carbonyl (C=O) groups excluding carboxylic acids is 1. The monoisotopic (exact) mass is 254 g/mol. The van der Waals surface area contributed by atoms with E-state index in [4.69, 9.17) is 4.74 Å². The molecule has 18 heavy (non-hydrogen) atoms. The van der Waals surface area contributed by atoms with Gasteiger partial charge in [0.05, 0.1) is 12.5 Å². The molecule has 2 heterocycles. The maximum atomic E-state index is 11.7. The van der Waals surface area contributed by atoms with Crippen LogP contribution in [0.5, 0.6) is 0 Å². The third-order valence-corrected chi connectivity index (χ3v) is 4.11. The van der Waals surface area contributed by atoms with Crippen molar-refractivity contribution < 1.29 is 9.53 Å². The average molecular weight is 254 g/mol. The first-order chi connectivity index (χ1) is 8.70. The number of rotatable bonds is 4. The molecule has 104 valence electrons. The van der Waals surface area contributed by atoms with Crippen molar-refractivity contribution in [2.75, 3.05) is 39.3 Å². The zero-order chi connectivity index (χ0) is 13.0. The molecule has 0 radical (unpaired) electrons. The first-order valence-electron chi connectivity index (χ1n) is 7.33. The molecule has 2 unspecified atom stereocenters. The molecule has 2 rings (SSSR count). The van der Waals surface area contributed by atoms with Crippen LogP contribution >= 0.6 is 0 Å². The smallest absolute Gasteiger partial charge is 0.309 e. The Hall–Kier alpha value is -0.610. The van der Waals surface area contributed by atoms with Crippen LogP contribution in [0.3, 0.4) is 0 Å². The summed E-state index contributed by atoms with van der Waals surface area (Å²) in [4.78, 5) is 16.7. The van der Waals surface area contributed by atoms with Gasteiger partial charge in [-0.15, -0.1) is 0 Å².